The van der Waals surface area contributed by atoms with Gasteiger partial charge in [-0.1, -0.05) is 131 Å². The van der Waals surface area contributed by atoms with Crippen molar-refractivity contribution >= 4 is 19.8 Å². The number of hydrogen-bond donors (Lipinski definition) is 3. The fraction of sp³-hybridized carbons (Fsp3) is 0.628. The van der Waals surface area contributed by atoms with Crippen molar-refractivity contribution in [3.8, 4) is 0 Å². The molecule has 11 heteroatoms. The Bertz CT molecular complexity index is 1170. The summed E-state index contributed by atoms with van der Waals surface area (Å²) >= 11 is 0. The van der Waals surface area contributed by atoms with Crippen LogP contribution in [0.15, 0.2) is 85.1 Å². The Morgan fingerprint density at radius 2 is 0.889 bits per heavy atom. The number of carbonyl (C=O) groups is 2. The molecule has 0 aromatic heterocycles. The van der Waals surface area contributed by atoms with E-state index in [-0.39, 0.29) is 12.8 Å². The second-order valence-electron chi connectivity index (χ2n) is 12.9. The summed E-state index contributed by atoms with van der Waals surface area (Å²) in [5.74, 6) is -1.10. The highest BCUT2D eigenvalue weighted by Crippen LogP contribution is 2.43. The van der Waals surface area contributed by atoms with Crippen molar-refractivity contribution in [3.63, 3.8) is 0 Å². The summed E-state index contributed by atoms with van der Waals surface area (Å²) in [6.45, 7) is 1.94. The number of unbranched alkanes of at least 4 members (excludes halogenated alkanes) is 8. The van der Waals surface area contributed by atoms with Gasteiger partial charge in [0.1, 0.15) is 12.2 Å². The van der Waals surface area contributed by atoms with Crippen LogP contribution in [0.3, 0.4) is 0 Å². The number of aliphatic hydroxyl groups is 2. The van der Waals surface area contributed by atoms with Crippen molar-refractivity contribution < 1.29 is 47.8 Å². The summed E-state index contributed by atoms with van der Waals surface area (Å²) in [6.07, 6.45) is 44.2. The second kappa shape index (κ2) is 38.4. The summed E-state index contributed by atoms with van der Waals surface area (Å²) in [6, 6.07) is 0. The number of allylic oxidation sites excluding steroid dienone is 14. The molecule has 0 saturated carbocycles. The third-order valence-electron chi connectivity index (χ3n) is 7.84. The van der Waals surface area contributed by atoms with Crippen LogP contribution in [0.1, 0.15) is 136 Å². The minimum atomic E-state index is -4.66. The van der Waals surface area contributed by atoms with Crippen LogP contribution in [0.2, 0.25) is 0 Å². The Morgan fingerprint density at radius 1 is 0.519 bits per heavy atom. The monoisotopic (exact) mass is 778 g/mol. The van der Waals surface area contributed by atoms with Gasteiger partial charge in [-0.2, -0.15) is 0 Å². The van der Waals surface area contributed by atoms with Crippen LogP contribution >= 0.6 is 7.82 Å². The lowest BCUT2D eigenvalue weighted by molar-refractivity contribution is -0.153. The quantitative estimate of drug-likeness (QED) is 0.0243. The summed E-state index contributed by atoms with van der Waals surface area (Å²) in [7, 11) is -4.66. The summed E-state index contributed by atoms with van der Waals surface area (Å²) < 4.78 is 32.4. The van der Waals surface area contributed by atoms with Crippen molar-refractivity contribution in [1.29, 1.82) is 0 Å². The maximum atomic E-state index is 12.3. The van der Waals surface area contributed by atoms with E-state index in [0.29, 0.717) is 19.3 Å². The molecule has 0 heterocycles. The molecule has 0 saturated heterocycles. The lowest BCUT2D eigenvalue weighted by Crippen LogP contribution is -2.28. The molecule has 0 bridgehead atoms. The van der Waals surface area contributed by atoms with Crippen molar-refractivity contribution in [2.75, 3.05) is 26.4 Å². The fourth-order valence-corrected chi connectivity index (χ4v) is 5.54. The SMILES string of the molecule is CC/C=C\C/C=C\C/C=C\C/C=C\C/C=C\CCCC(=O)OC(CO)COP(=O)(O)OCC(CO)OC(=O)CCCCCCC/C=C\C/C=C\CCCC. The molecule has 10 nitrogen and oxygen atoms in total. The number of aliphatic hydroxyl groups excluding tert-OH is 2. The zero-order chi connectivity index (χ0) is 39.8. The molecule has 0 aliphatic heterocycles. The van der Waals surface area contributed by atoms with Crippen LogP contribution in [0.25, 0.3) is 0 Å². The van der Waals surface area contributed by atoms with Gasteiger partial charge in [-0.05, 0) is 77.0 Å². The molecule has 0 rings (SSSR count). The van der Waals surface area contributed by atoms with Crippen molar-refractivity contribution in [2.24, 2.45) is 0 Å². The van der Waals surface area contributed by atoms with E-state index in [0.717, 1.165) is 77.0 Å². The van der Waals surface area contributed by atoms with Gasteiger partial charge in [-0.25, -0.2) is 4.57 Å². The van der Waals surface area contributed by atoms with Gasteiger partial charge in [0.25, 0.3) is 0 Å². The van der Waals surface area contributed by atoms with Gasteiger partial charge in [0.2, 0.25) is 0 Å². The first-order chi connectivity index (χ1) is 26.3. The highest BCUT2D eigenvalue weighted by atomic mass is 31.2. The molecule has 3 atom stereocenters. The third-order valence-corrected chi connectivity index (χ3v) is 8.79. The Morgan fingerprint density at radius 3 is 1.33 bits per heavy atom. The first-order valence-electron chi connectivity index (χ1n) is 20.0. The zero-order valence-corrected chi connectivity index (χ0v) is 34.0. The van der Waals surface area contributed by atoms with Crippen LogP contribution in [0, 0.1) is 0 Å². The minimum absolute atomic E-state index is 0.108. The Labute approximate surface area is 326 Å². The summed E-state index contributed by atoms with van der Waals surface area (Å²) in [5.41, 5.74) is 0. The van der Waals surface area contributed by atoms with E-state index in [4.69, 9.17) is 18.5 Å². The second-order valence-corrected chi connectivity index (χ2v) is 14.3. The lowest BCUT2D eigenvalue weighted by Gasteiger charge is -2.20. The lowest BCUT2D eigenvalue weighted by atomic mass is 10.1. The Hall–Kier alpha value is -2.85. The highest BCUT2D eigenvalue weighted by molar-refractivity contribution is 7.47. The Balaban J connectivity index is 4.09. The van der Waals surface area contributed by atoms with E-state index in [9.17, 15) is 29.3 Å². The molecule has 0 aliphatic carbocycles. The molecule has 0 aromatic rings. The van der Waals surface area contributed by atoms with Gasteiger partial charge in [-0.3, -0.25) is 18.6 Å². The standard InChI is InChI=1S/C43H71O10P/c1-3-5-7-9-11-13-15-17-19-20-21-23-25-27-29-31-33-35-43(47)53-41(37-45)39-51-54(48,49)50-38-40(36-44)52-42(46)34-32-30-28-26-24-22-18-16-14-12-10-8-6-4-2/h5,7,10-13,16-19,21,23,27,29,40-41,44-45H,3-4,6,8-9,14-15,20,22,24-26,28,30-39H2,1-2H3,(H,48,49)/b7-5-,12-10-,13-11-,18-16-,19-17-,23-21-,29-27-. The number of phosphoric ester groups is 1. The molecular formula is C43H71O10P. The number of phosphoric acid groups is 1. The first kappa shape index (κ1) is 51.1. The molecule has 0 aliphatic rings. The van der Waals surface area contributed by atoms with Crippen LogP contribution in [-0.2, 0) is 32.7 Å². The van der Waals surface area contributed by atoms with Gasteiger partial charge in [-0.15, -0.1) is 0 Å². The molecule has 0 aromatic carbocycles. The summed E-state index contributed by atoms with van der Waals surface area (Å²) in [5, 5.41) is 19.1. The first-order valence-corrected chi connectivity index (χ1v) is 21.5. The van der Waals surface area contributed by atoms with E-state index in [1.165, 1.54) is 12.8 Å². The van der Waals surface area contributed by atoms with Crippen LogP contribution in [-0.4, -0.2) is 65.7 Å². The van der Waals surface area contributed by atoms with E-state index in [2.05, 4.69) is 86.8 Å². The predicted molar refractivity (Wildman–Crippen MR) is 219 cm³/mol. The smallest absolute Gasteiger partial charge is 0.457 e. The zero-order valence-electron chi connectivity index (χ0n) is 33.1. The predicted octanol–water partition coefficient (Wildman–Crippen LogP) is 10.3. The molecule has 0 spiro atoms. The van der Waals surface area contributed by atoms with Crippen LogP contribution in [0.4, 0.5) is 0 Å². The molecule has 0 fully saturated rings. The average molecular weight is 779 g/mol. The molecule has 0 radical (unpaired) electrons. The molecule has 54 heavy (non-hydrogen) atoms. The van der Waals surface area contributed by atoms with Crippen molar-refractivity contribution in [3.05, 3.63) is 85.1 Å². The van der Waals surface area contributed by atoms with E-state index >= 15 is 0 Å². The van der Waals surface area contributed by atoms with Gasteiger partial charge in [0.15, 0.2) is 0 Å². The average Bonchev–Trinajstić information content (AvgIpc) is 3.16. The highest BCUT2D eigenvalue weighted by Gasteiger charge is 2.27. The van der Waals surface area contributed by atoms with Gasteiger partial charge < -0.3 is 24.6 Å². The van der Waals surface area contributed by atoms with E-state index < -0.39 is 58.4 Å². The maximum Gasteiger partial charge on any atom is 0.472 e. The number of ether oxygens (including phenoxy) is 2. The number of hydrogen-bond acceptors (Lipinski definition) is 9. The number of rotatable bonds is 36. The van der Waals surface area contributed by atoms with Gasteiger partial charge >= 0.3 is 19.8 Å². The van der Waals surface area contributed by atoms with E-state index in [1.807, 2.05) is 12.2 Å². The summed E-state index contributed by atoms with van der Waals surface area (Å²) in [4.78, 5) is 34.4. The third kappa shape index (κ3) is 36.1. The van der Waals surface area contributed by atoms with Crippen molar-refractivity contribution in [2.45, 2.75) is 148 Å². The molecule has 3 N–H and O–H groups in total. The van der Waals surface area contributed by atoms with Crippen LogP contribution in [0.5, 0.6) is 0 Å². The number of carbonyl (C=O) groups excluding carboxylic acids is 2. The molecule has 3 unspecified atom stereocenters. The fourth-order valence-electron chi connectivity index (χ4n) is 4.75. The topological polar surface area (TPSA) is 149 Å². The van der Waals surface area contributed by atoms with Gasteiger partial charge in [0, 0.05) is 12.8 Å². The van der Waals surface area contributed by atoms with Crippen molar-refractivity contribution in [1.82, 2.24) is 0 Å². The normalized spacial score (nSPS) is 14.8. The molecule has 0 amide bonds. The largest absolute Gasteiger partial charge is 0.472 e. The maximum absolute atomic E-state index is 12.3. The number of esters is 2. The van der Waals surface area contributed by atoms with Gasteiger partial charge in [0.05, 0.1) is 26.4 Å². The van der Waals surface area contributed by atoms with Crippen LogP contribution < -0.4 is 0 Å². The van der Waals surface area contributed by atoms with E-state index in [1.54, 1.807) is 0 Å². The Kier molecular flexibility index (Phi) is 36.4. The molecule has 308 valence electrons. The minimum Gasteiger partial charge on any atom is -0.457 e. The molecular weight excluding hydrogens is 707 g/mol.